The largest absolute Gasteiger partial charge is 0.494 e. The van der Waals surface area contributed by atoms with Crippen LogP contribution in [0.25, 0.3) is 0 Å². The van der Waals surface area contributed by atoms with Crippen molar-refractivity contribution in [2.45, 2.75) is 62.3 Å². The van der Waals surface area contributed by atoms with Crippen LogP contribution in [0.2, 0.25) is 0 Å². The predicted octanol–water partition coefficient (Wildman–Crippen LogP) is 5.25. The predicted molar refractivity (Wildman–Crippen MR) is 126 cm³/mol. The summed E-state index contributed by atoms with van der Waals surface area (Å²) >= 11 is 1.13. The molecule has 1 aliphatic rings. The molecule has 0 aliphatic heterocycles. The number of hydrogen-bond acceptors (Lipinski definition) is 7. The number of H-pyrrole nitrogens is 1. The number of hydrogen-bond donors (Lipinski definition) is 2. The van der Waals surface area contributed by atoms with E-state index in [-0.39, 0.29) is 29.5 Å². The van der Waals surface area contributed by atoms with Crippen molar-refractivity contribution in [3.05, 3.63) is 57.5 Å². The summed E-state index contributed by atoms with van der Waals surface area (Å²) in [6.45, 7) is -0.301. The van der Waals surface area contributed by atoms with Gasteiger partial charge in [-0.3, -0.25) is 9.59 Å². The highest BCUT2D eigenvalue weighted by Crippen LogP contribution is 2.46. The topological polar surface area (TPSA) is 110 Å². The number of amides is 1. The number of halogens is 6. The molecule has 15 heteroatoms. The zero-order valence-electron chi connectivity index (χ0n) is 20.2. The summed E-state index contributed by atoms with van der Waals surface area (Å²) < 4.78 is 86.7. The summed E-state index contributed by atoms with van der Waals surface area (Å²) in [5.41, 5.74) is -3.57. The van der Waals surface area contributed by atoms with Gasteiger partial charge in [0.2, 0.25) is 5.91 Å². The summed E-state index contributed by atoms with van der Waals surface area (Å²) in [7, 11) is 0. The number of rotatable bonds is 12. The van der Waals surface area contributed by atoms with Crippen LogP contribution in [0.3, 0.4) is 0 Å². The van der Waals surface area contributed by atoms with E-state index in [1.807, 2.05) is 5.32 Å². The smallest absolute Gasteiger partial charge is 0.416 e. The van der Waals surface area contributed by atoms with Crippen molar-refractivity contribution < 1.29 is 40.7 Å². The Morgan fingerprint density at radius 3 is 2.36 bits per heavy atom. The number of ether oxygens (including phenoxy) is 1. The van der Waals surface area contributed by atoms with E-state index in [1.165, 1.54) is 6.07 Å². The number of aromatic nitrogens is 4. The number of nitrogens with one attached hydrogen (secondary N) is 2. The highest BCUT2D eigenvalue weighted by atomic mass is 32.1. The number of aromatic amines is 1. The second-order valence-electron chi connectivity index (χ2n) is 9.12. The van der Waals surface area contributed by atoms with Gasteiger partial charge < -0.3 is 10.1 Å². The summed E-state index contributed by atoms with van der Waals surface area (Å²) in [6.07, 6.45) is -10.7. The molecule has 1 saturated carbocycles. The van der Waals surface area contributed by atoms with Crippen LogP contribution in [0.4, 0.5) is 26.3 Å². The zero-order valence-corrected chi connectivity index (χ0v) is 21.1. The highest BCUT2D eigenvalue weighted by molar-refractivity contribution is 7.14. The van der Waals surface area contributed by atoms with E-state index < -0.39 is 54.4 Å². The Hall–Kier alpha value is -3.49. The van der Waals surface area contributed by atoms with Gasteiger partial charge in [-0.1, -0.05) is 17.3 Å². The van der Waals surface area contributed by atoms with Gasteiger partial charge in [0.25, 0.3) is 0 Å². The van der Waals surface area contributed by atoms with Crippen molar-refractivity contribution in [1.29, 1.82) is 0 Å². The molecule has 1 amide bonds. The van der Waals surface area contributed by atoms with E-state index in [1.54, 1.807) is 6.07 Å². The molecule has 0 radical (unpaired) electrons. The molecule has 2 N–H and O–H groups in total. The van der Waals surface area contributed by atoms with E-state index in [2.05, 4.69) is 20.6 Å². The Bertz CT molecular complexity index is 1270. The number of alkyl halides is 6. The van der Waals surface area contributed by atoms with Crippen LogP contribution in [0, 0.1) is 0 Å². The maximum absolute atomic E-state index is 14.8. The normalized spacial score (nSPS) is 15.5. The fourth-order valence-corrected chi connectivity index (χ4v) is 5.07. The van der Waals surface area contributed by atoms with Gasteiger partial charge in [0, 0.05) is 17.7 Å². The molecular weight excluding hydrogens is 552 g/mol. The first-order chi connectivity index (χ1) is 18.4. The Kier molecular flexibility index (Phi) is 8.28. The molecule has 1 aliphatic carbocycles. The lowest BCUT2D eigenvalue weighted by molar-refractivity contribution is -0.201. The second kappa shape index (κ2) is 11.3. The summed E-state index contributed by atoms with van der Waals surface area (Å²) in [5.74, 6) is -1.71. The fraction of sp³-hybridized carbons (Fsp3) is 0.458. The Labute approximate surface area is 222 Å². The molecule has 1 unspecified atom stereocenters. The minimum Gasteiger partial charge on any atom is -0.494 e. The Morgan fingerprint density at radius 1 is 1.05 bits per heavy atom. The van der Waals surface area contributed by atoms with Crippen molar-refractivity contribution in [1.82, 2.24) is 25.9 Å². The van der Waals surface area contributed by atoms with Gasteiger partial charge >= 0.3 is 12.4 Å². The highest BCUT2D eigenvalue weighted by Gasteiger charge is 2.58. The molecule has 1 fully saturated rings. The van der Waals surface area contributed by atoms with E-state index in [0.29, 0.717) is 5.92 Å². The second-order valence-corrected chi connectivity index (χ2v) is 10.2. The number of Topliss-reactive ketones (excluding diaryl/α,β-unsaturated/α-hetero) is 1. The fourth-order valence-electron chi connectivity index (χ4n) is 3.95. The van der Waals surface area contributed by atoms with Gasteiger partial charge in [-0.2, -0.15) is 31.6 Å². The van der Waals surface area contributed by atoms with Gasteiger partial charge in [0.15, 0.2) is 17.1 Å². The molecule has 3 aromatic rings. The minimum absolute atomic E-state index is 0.0359. The first kappa shape index (κ1) is 28.5. The quantitative estimate of drug-likeness (QED) is 0.174. The van der Waals surface area contributed by atoms with Crippen LogP contribution in [0.15, 0.2) is 36.4 Å². The van der Waals surface area contributed by atoms with Crippen LogP contribution >= 0.6 is 11.3 Å². The average Bonchev–Trinajstić information content (AvgIpc) is 3.34. The third-order valence-electron chi connectivity index (χ3n) is 6.07. The molecule has 210 valence electrons. The molecule has 0 saturated heterocycles. The number of nitrogens with zero attached hydrogens (tertiary/aromatic N) is 3. The Balaban J connectivity index is 1.60. The lowest BCUT2D eigenvalue weighted by Crippen LogP contribution is -2.57. The number of carbonyl (C=O) groups is 2. The van der Waals surface area contributed by atoms with Crippen molar-refractivity contribution >= 4 is 23.0 Å². The Morgan fingerprint density at radius 2 is 1.77 bits per heavy atom. The number of carbonyl (C=O) groups excluding carboxylic acids is 2. The summed E-state index contributed by atoms with van der Waals surface area (Å²) in [6, 6.07) is 7.56. The molecule has 2 aromatic heterocycles. The van der Waals surface area contributed by atoms with E-state index >= 15 is 0 Å². The summed E-state index contributed by atoms with van der Waals surface area (Å²) in [4.78, 5) is 27.0. The van der Waals surface area contributed by atoms with Gasteiger partial charge in [-0.15, -0.1) is 21.5 Å². The molecule has 1 atom stereocenters. The average molecular weight is 576 g/mol. The zero-order chi connectivity index (χ0) is 28.3. The third-order valence-corrected chi connectivity index (χ3v) is 7.36. The van der Waals surface area contributed by atoms with E-state index in [0.717, 1.165) is 53.3 Å². The van der Waals surface area contributed by atoms with Crippen molar-refractivity contribution in [3.8, 4) is 5.75 Å². The third kappa shape index (κ3) is 7.34. The molecule has 0 bridgehead atoms. The molecule has 1 aromatic carbocycles. The first-order valence-electron chi connectivity index (χ1n) is 11.9. The minimum atomic E-state index is -5.12. The van der Waals surface area contributed by atoms with Gasteiger partial charge in [-0.25, -0.2) is 0 Å². The SMILES string of the molecule is O=C(Cc1nn[nH]n1)NC(CC(=O)c1ccc(C2CC2)s1)(c1ccc(OCCCC(F)(F)F)cc1)C(F)(F)F. The summed E-state index contributed by atoms with van der Waals surface area (Å²) in [5, 5.41) is 14.5. The number of thiophene rings is 1. The molecule has 4 rings (SSSR count). The lowest BCUT2D eigenvalue weighted by atomic mass is 9.83. The van der Waals surface area contributed by atoms with Crippen LogP contribution in [-0.4, -0.2) is 51.3 Å². The first-order valence-corrected chi connectivity index (χ1v) is 12.7. The van der Waals surface area contributed by atoms with Crippen LogP contribution in [0.5, 0.6) is 5.75 Å². The molecule has 0 spiro atoms. The monoisotopic (exact) mass is 575 g/mol. The maximum Gasteiger partial charge on any atom is 0.416 e. The molecule has 39 heavy (non-hydrogen) atoms. The standard InChI is InChI=1S/C24H23F6N5O3S/c25-23(26,27)10-1-11-38-16-6-4-15(5-7-16)22(24(28,29)30,31-21(37)12-20-32-34-35-33-20)13-17(36)19-9-8-18(39-19)14-2-3-14/h4-9,14H,1-3,10-13H2,(H,31,37)(H,32,33,34,35). The molecular formula is C24H23F6N5O3S. The van der Waals surface area contributed by atoms with E-state index in [9.17, 15) is 35.9 Å². The van der Waals surface area contributed by atoms with Crippen molar-refractivity contribution in [2.75, 3.05) is 6.61 Å². The number of benzene rings is 1. The van der Waals surface area contributed by atoms with Crippen molar-refractivity contribution in [2.24, 2.45) is 0 Å². The van der Waals surface area contributed by atoms with Crippen molar-refractivity contribution in [3.63, 3.8) is 0 Å². The maximum atomic E-state index is 14.8. The van der Waals surface area contributed by atoms with Crippen LogP contribution in [-0.2, 0) is 16.8 Å². The van der Waals surface area contributed by atoms with E-state index in [4.69, 9.17) is 4.74 Å². The van der Waals surface area contributed by atoms with Gasteiger partial charge in [0.05, 0.1) is 17.9 Å². The van der Waals surface area contributed by atoms with Gasteiger partial charge in [-0.05, 0) is 55.0 Å². The lowest BCUT2D eigenvalue weighted by Gasteiger charge is -2.36. The number of ketones is 1. The molecule has 8 nitrogen and oxygen atoms in total. The van der Waals surface area contributed by atoms with Gasteiger partial charge in [0.1, 0.15) is 5.75 Å². The molecule has 2 heterocycles. The number of tetrazole rings is 1. The van der Waals surface area contributed by atoms with Crippen LogP contribution < -0.4 is 10.1 Å². The van der Waals surface area contributed by atoms with Crippen LogP contribution in [0.1, 0.15) is 64.0 Å².